The fourth-order valence-corrected chi connectivity index (χ4v) is 7.28. The third-order valence-electron chi connectivity index (χ3n) is 6.89. The normalized spacial score (nSPS) is 31.6. The third-order valence-corrected chi connectivity index (χ3v) is 8.06. The van der Waals surface area contributed by atoms with Crippen LogP contribution < -0.4 is 10.9 Å². The number of methoxy groups -OCH3 is 1. The molecule has 4 fully saturated rings. The van der Waals surface area contributed by atoms with Crippen molar-refractivity contribution in [2.24, 2.45) is 17.8 Å². The number of aromatic nitrogens is 2. The number of aromatic amines is 1. The first kappa shape index (κ1) is 17.4. The van der Waals surface area contributed by atoms with E-state index in [1.54, 1.807) is 6.92 Å². The smallest absolute Gasteiger partial charge is 0.348 e. The summed E-state index contributed by atoms with van der Waals surface area (Å²) in [5.41, 5.74) is 0.701. The quantitative estimate of drug-likeness (QED) is 0.788. The Bertz CT molecular complexity index is 941. The van der Waals surface area contributed by atoms with Crippen molar-refractivity contribution in [1.82, 2.24) is 15.3 Å². The lowest BCUT2D eigenvalue weighted by Gasteiger charge is -2.57. The molecule has 4 aliphatic carbocycles. The Balaban J connectivity index is 1.41. The summed E-state index contributed by atoms with van der Waals surface area (Å²) in [4.78, 5) is 33.1. The first-order valence-electron chi connectivity index (χ1n) is 9.82. The van der Waals surface area contributed by atoms with Crippen molar-refractivity contribution in [3.05, 3.63) is 26.6 Å². The van der Waals surface area contributed by atoms with Gasteiger partial charge in [0, 0.05) is 5.54 Å². The standard InChI is InChI=1S/C20H25N3O3S/c1-10-15-17(24)22-14(23-18(15)27-16(10)19(25)26-2)9-21-20-6-11-3-12(7-20)5-13(4-11)8-20/h11-13,21H,3-9H2,1-2H3,(H,22,23,24). The lowest BCUT2D eigenvalue weighted by molar-refractivity contribution is -0.0209. The molecule has 0 amide bonds. The molecule has 6 rings (SSSR count). The van der Waals surface area contributed by atoms with Crippen LogP contribution in [0.5, 0.6) is 0 Å². The van der Waals surface area contributed by atoms with Gasteiger partial charge in [-0.1, -0.05) is 0 Å². The zero-order chi connectivity index (χ0) is 18.8. The molecule has 0 unspecified atom stereocenters. The van der Waals surface area contributed by atoms with Crippen LogP contribution in [-0.4, -0.2) is 28.6 Å². The summed E-state index contributed by atoms with van der Waals surface area (Å²) in [5, 5.41) is 4.27. The summed E-state index contributed by atoms with van der Waals surface area (Å²) in [6.45, 7) is 2.34. The van der Waals surface area contributed by atoms with Crippen molar-refractivity contribution in [3.8, 4) is 0 Å². The zero-order valence-electron chi connectivity index (χ0n) is 15.8. The summed E-state index contributed by atoms with van der Waals surface area (Å²) >= 11 is 1.24. The predicted octanol–water partition coefficient (Wildman–Crippen LogP) is 3.14. The molecule has 7 heteroatoms. The van der Waals surface area contributed by atoms with E-state index in [9.17, 15) is 9.59 Å². The van der Waals surface area contributed by atoms with Crippen LogP contribution in [0.2, 0.25) is 0 Å². The Kier molecular flexibility index (Phi) is 3.95. The monoisotopic (exact) mass is 387 g/mol. The molecular formula is C20H25N3O3S. The van der Waals surface area contributed by atoms with Crippen LogP contribution in [-0.2, 0) is 11.3 Å². The molecular weight excluding hydrogens is 362 g/mol. The molecule has 2 N–H and O–H groups in total. The van der Waals surface area contributed by atoms with Crippen LogP contribution in [0.4, 0.5) is 0 Å². The highest BCUT2D eigenvalue weighted by Gasteiger charge is 2.50. The van der Waals surface area contributed by atoms with Gasteiger partial charge in [0.25, 0.3) is 5.56 Å². The average Bonchev–Trinajstić information content (AvgIpc) is 2.95. The van der Waals surface area contributed by atoms with Crippen molar-refractivity contribution >= 4 is 27.5 Å². The van der Waals surface area contributed by atoms with E-state index in [2.05, 4.69) is 15.3 Å². The first-order chi connectivity index (χ1) is 13.0. The van der Waals surface area contributed by atoms with Gasteiger partial charge in [-0.15, -0.1) is 11.3 Å². The number of carbonyl (C=O) groups is 1. The number of rotatable bonds is 4. The van der Waals surface area contributed by atoms with Gasteiger partial charge in [-0.2, -0.15) is 0 Å². The van der Waals surface area contributed by atoms with Gasteiger partial charge in [-0.05, 0) is 68.8 Å². The molecule has 0 saturated heterocycles. The summed E-state index contributed by atoms with van der Waals surface area (Å²) in [7, 11) is 1.35. The van der Waals surface area contributed by atoms with Gasteiger partial charge < -0.3 is 15.0 Å². The minimum Gasteiger partial charge on any atom is -0.465 e. The first-order valence-corrected chi connectivity index (χ1v) is 10.6. The zero-order valence-corrected chi connectivity index (χ0v) is 16.6. The van der Waals surface area contributed by atoms with E-state index in [1.807, 2.05) is 0 Å². The molecule has 144 valence electrons. The Labute approximate surface area is 161 Å². The Morgan fingerprint density at radius 3 is 2.48 bits per heavy atom. The molecule has 27 heavy (non-hydrogen) atoms. The number of H-pyrrole nitrogens is 1. The fraction of sp³-hybridized carbons (Fsp3) is 0.650. The number of thiophene rings is 1. The van der Waals surface area contributed by atoms with E-state index >= 15 is 0 Å². The molecule has 2 heterocycles. The summed E-state index contributed by atoms with van der Waals surface area (Å²) < 4.78 is 4.82. The van der Waals surface area contributed by atoms with Crippen LogP contribution >= 0.6 is 11.3 Å². The Hall–Kier alpha value is -1.73. The second-order valence-corrected chi connectivity index (χ2v) is 9.79. The molecule has 6 nitrogen and oxygen atoms in total. The minimum absolute atomic E-state index is 0.175. The second-order valence-electron chi connectivity index (χ2n) is 8.79. The number of hydrogen-bond donors (Lipinski definition) is 2. The Morgan fingerprint density at radius 1 is 1.26 bits per heavy atom. The third kappa shape index (κ3) is 2.83. The van der Waals surface area contributed by atoms with Gasteiger partial charge >= 0.3 is 5.97 Å². The van der Waals surface area contributed by atoms with E-state index in [0.717, 1.165) is 17.8 Å². The highest BCUT2D eigenvalue weighted by atomic mass is 32.1. The molecule has 0 aromatic carbocycles. The van der Waals surface area contributed by atoms with Crippen molar-refractivity contribution in [3.63, 3.8) is 0 Å². The number of hydrogen-bond acceptors (Lipinski definition) is 6. The predicted molar refractivity (Wildman–Crippen MR) is 104 cm³/mol. The highest BCUT2D eigenvalue weighted by molar-refractivity contribution is 7.20. The van der Waals surface area contributed by atoms with Gasteiger partial charge in [-0.25, -0.2) is 9.78 Å². The second kappa shape index (κ2) is 6.14. The van der Waals surface area contributed by atoms with Gasteiger partial charge in [0.05, 0.1) is 19.0 Å². The minimum atomic E-state index is -0.414. The molecule has 0 radical (unpaired) electrons. The van der Waals surface area contributed by atoms with Crippen molar-refractivity contribution < 1.29 is 9.53 Å². The van der Waals surface area contributed by atoms with Gasteiger partial charge in [-0.3, -0.25) is 4.79 Å². The Morgan fingerprint density at radius 2 is 1.89 bits per heavy atom. The maximum atomic E-state index is 12.6. The number of carbonyl (C=O) groups excluding carboxylic acids is 1. The number of ether oxygens (including phenoxy) is 1. The van der Waals surface area contributed by atoms with E-state index in [0.29, 0.717) is 33.0 Å². The van der Waals surface area contributed by atoms with Crippen LogP contribution in [0, 0.1) is 24.7 Å². The van der Waals surface area contributed by atoms with Gasteiger partial charge in [0.2, 0.25) is 0 Å². The molecule has 0 spiro atoms. The molecule has 2 aromatic rings. The van der Waals surface area contributed by atoms with Gasteiger partial charge in [0.1, 0.15) is 15.5 Å². The van der Waals surface area contributed by atoms with E-state index in [-0.39, 0.29) is 11.1 Å². The number of aryl methyl sites for hydroxylation is 1. The number of nitrogens with one attached hydrogen (secondary N) is 2. The SMILES string of the molecule is COC(=O)c1sc2nc(CNC34CC5CC(CC(C5)C3)C4)[nH]c(=O)c2c1C. The lowest BCUT2D eigenvalue weighted by atomic mass is 9.53. The van der Waals surface area contributed by atoms with E-state index < -0.39 is 5.97 Å². The van der Waals surface area contributed by atoms with Crippen LogP contribution in [0.25, 0.3) is 10.2 Å². The molecule has 4 bridgehead atoms. The molecule has 0 atom stereocenters. The average molecular weight is 388 g/mol. The highest BCUT2D eigenvalue weighted by Crippen LogP contribution is 2.55. The number of esters is 1. The molecule has 0 aliphatic heterocycles. The maximum absolute atomic E-state index is 12.6. The van der Waals surface area contributed by atoms with Crippen LogP contribution in [0.3, 0.4) is 0 Å². The van der Waals surface area contributed by atoms with E-state index in [4.69, 9.17) is 4.74 Å². The number of fused-ring (bicyclic) bond motifs is 1. The molecule has 2 aromatic heterocycles. The molecule has 4 saturated carbocycles. The van der Waals surface area contributed by atoms with Crippen molar-refractivity contribution in [2.45, 2.75) is 57.5 Å². The van der Waals surface area contributed by atoms with Gasteiger partial charge in [0.15, 0.2) is 0 Å². The van der Waals surface area contributed by atoms with Crippen LogP contribution in [0.15, 0.2) is 4.79 Å². The summed E-state index contributed by atoms with van der Waals surface area (Å²) in [5.74, 6) is 2.87. The summed E-state index contributed by atoms with van der Waals surface area (Å²) in [6, 6.07) is 0. The lowest BCUT2D eigenvalue weighted by Crippen LogP contribution is -2.58. The largest absolute Gasteiger partial charge is 0.465 e. The fourth-order valence-electron chi connectivity index (χ4n) is 6.16. The maximum Gasteiger partial charge on any atom is 0.348 e. The topological polar surface area (TPSA) is 84.1 Å². The summed E-state index contributed by atoms with van der Waals surface area (Å²) in [6.07, 6.45) is 8.01. The van der Waals surface area contributed by atoms with E-state index in [1.165, 1.54) is 57.0 Å². The number of nitrogens with zero attached hydrogens (tertiary/aromatic N) is 1. The van der Waals surface area contributed by atoms with Crippen molar-refractivity contribution in [2.75, 3.05) is 7.11 Å². The molecule has 4 aliphatic rings. The van der Waals surface area contributed by atoms with Crippen molar-refractivity contribution in [1.29, 1.82) is 0 Å². The van der Waals surface area contributed by atoms with Crippen LogP contribution in [0.1, 0.15) is 59.6 Å².